The minimum atomic E-state index is -4.53. The fourth-order valence-electron chi connectivity index (χ4n) is 4.54. The number of ketones is 1. The topological polar surface area (TPSA) is 190 Å². The molecule has 0 fully saturated rings. The molecule has 26 heteroatoms. The Hall–Kier alpha value is -4.89. The number of Topliss-reactive ketones (excluding diaryl/α,β-unsaturated/α-hetero) is 1. The second-order valence-electron chi connectivity index (χ2n) is 12.2. The average molecular weight is 1020 g/mol. The average Bonchev–Trinajstić information content (AvgIpc) is 3.89. The monoisotopic (exact) mass is 1020 g/mol. The second kappa shape index (κ2) is 23.7. The molecule has 0 aliphatic heterocycles. The van der Waals surface area contributed by atoms with Crippen molar-refractivity contribution in [3.63, 3.8) is 0 Å². The lowest BCUT2D eigenvalue weighted by molar-refractivity contribution is -0.139. The SMILES string of the molecule is C.C.CC(=O)Cc1csc(-c2cnc(C)c(C(F)(F)F)c2)n1.CC(=O)Nc1csc(Br)n1.Cc1ncc(-c2nc(N)cs2)cc1C(F)(F)F.Cc1ncc(B(O)O)cc1C(F)(F)F. The first-order chi connectivity index (χ1) is 28.1. The first-order valence-corrected chi connectivity index (χ1v) is 20.1. The van der Waals surface area contributed by atoms with Gasteiger partial charge < -0.3 is 21.1 Å². The van der Waals surface area contributed by atoms with Crippen LogP contribution in [0, 0.1) is 20.8 Å². The number of hydrogen-bond acceptors (Lipinski definition) is 14. The van der Waals surface area contributed by atoms with Gasteiger partial charge in [-0.05, 0) is 61.8 Å². The highest BCUT2D eigenvalue weighted by Crippen LogP contribution is 2.36. The Morgan fingerprint density at radius 3 is 1.52 bits per heavy atom. The summed E-state index contributed by atoms with van der Waals surface area (Å²) in [5, 5.41) is 25.7. The molecule has 6 rings (SSSR count). The van der Waals surface area contributed by atoms with E-state index in [9.17, 15) is 49.1 Å². The zero-order chi connectivity index (χ0) is 46.0. The Bertz CT molecular complexity index is 2440. The Labute approximate surface area is 376 Å². The minimum absolute atomic E-state index is 0. The van der Waals surface area contributed by atoms with Gasteiger partial charge in [0.05, 0.1) is 22.4 Å². The van der Waals surface area contributed by atoms with E-state index in [1.165, 1.54) is 81.0 Å². The zero-order valence-electron chi connectivity index (χ0n) is 32.0. The quantitative estimate of drug-likeness (QED) is 0.0918. The molecule has 1 amide bonds. The largest absolute Gasteiger partial charge is 0.490 e. The normalized spacial score (nSPS) is 10.9. The van der Waals surface area contributed by atoms with Gasteiger partial charge in [0, 0.05) is 81.7 Å². The lowest BCUT2D eigenvalue weighted by atomic mass is 9.80. The van der Waals surface area contributed by atoms with Crippen LogP contribution in [0.2, 0.25) is 0 Å². The van der Waals surface area contributed by atoms with E-state index in [-0.39, 0.29) is 55.5 Å². The number of rotatable bonds is 6. The van der Waals surface area contributed by atoms with Crippen LogP contribution in [0.3, 0.4) is 0 Å². The molecule has 6 aromatic heterocycles. The van der Waals surface area contributed by atoms with Gasteiger partial charge in [0.2, 0.25) is 5.91 Å². The number of anilines is 2. The molecule has 0 spiro atoms. The molecule has 0 aliphatic rings. The lowest BCUT2D eigenvalue weighted by Crippen LogP contribution is -2.31. The molecular formula is C37H39BBrF9N8O4S3. The molecule has 342 valence electrons. The first kappa shape index (κ1) is 56.1. The van der Waals surface area contributed by atoms with Crippen LogP contribution >= 0.6 is 49.9 Å². The summed E-state index contributed by atoms with van der Waals surface area (Å²) in [5.74, 6) is 0.751. The van der Waals surface area contributed by atoms with Crippen molar-refractivity contribution in [3.8, 4) is 21.1 Å². The van der Waals surface area contributed by atoms with E-state index in [2.05, 4.69) is 51.2 Å². The maximum atomic E-state index is 12.8. The summed E-state index contributed by atoms with van der Waals surface area (Å²) < 4.78 is 114. The van der Waals surface area contributed by atoms with Crippen LogP contribution in [0.4, 0.5) is 51.1 Å². The van der Waals surface area contributed by atoms with Gasteiger partial charge in [-0.3, -0.25) is 24.5 Å². The highest BCUT2D eigenvalue weighted by Gasteiger charge is 2.35. The van der Waals surface area contributed by atoms with Crippen molar-refractivity contribution >= 4 is 85.8 Å². The number of aryl methyl sites for hydroxylation is 3. The number of nitrogen functional groups attached to an aromatic ring is 1. The molecule has 0 aliphatic carbocycles. The molecule has 0 atom stereocenters. The second-order valence-corrected chi connectivity index (χ2v) is 16.1. The Kier molecular flexibility index (Phi) is 21.1. The number of carbonyl (C=O) groups is 2. The summed E-state index contributed by atoms with van der Waals surface area (Å²) >= 11 is 7.00. The number of hydrogen-bond donors (Lipinski definition) is 4. The van der Waals surface area contributed by atoms with Crippen LogP contribution in [0.25, 0.3) is 21.1 Å². The maximum Gasteiger partial charge on any atom is 0.490 e. The van der Waals surface area contributed by atoms with E-state index in [1.54, 1.807) is 16.1 Å². The van der Waals surface area contributed by atoms with Crippen LogP contribution in [-0.2, 0) is 34.5 Å². The third-order valence-corrected chi connectivity index (χ3v) is 10.5. The van der Waals surface area contributed by atoms with Crippen molar-refractivity contribution in [2.24, 2.45) is 0 Å². The van der Waals surface area contributed by atoms with Gasteiger partial charge in [-0.1, -0.05) is 14.9 Å². The third-order valence-electron chi connectivity index (χ3n) is 7.27. The number of carbonyl (C=O) groups excluding carboxylic acids is 2. The fourth-order valence-corrected chi connectivity index (χ4v) is 6.97. The predicted molar refractivity (Wildman–Crippen MR) is 230 cm³/mol. The molecule has 63 heavy (non-hydrogen) atoms. The third kappa shape index (κ3) is 17.7. The number of alkyl halides is 9. The van der Waals surface area contributed by atoms with E-state index in [0.29, 0.717) is 44.5 Å². The number of nitrogens with two attached hydrogens (primary N) is 1. The summed E-state index contributed by atoms with van der Waals surface area (Å²) in [7, 11) is -1.94. The van der Waals surface area contributed by atoms with Gasteiger partial charge in [0.15, 0.2) is 3.92 Å². The number of amides is 1. The van der Waals surface area contributed by atoms with Gasteiger partial charge in [-0.25, -0.2) is 15.0 Å². The van der Waals surface area contributed by atoms with Crippen molar-refractivity contribution in [3.05, 3.63) is 96.3 Å². The molecule has 6 aromatic rings. The highest BCUT2D eigenvalue weighted by atomic mass is 79.9. The van der Waals surface area contributed by atoms with Crippen molar-refractivity contribution in [2.45, 2.75) is 74.4 Å². The standard InChI is InChI=1S/C13H11F3N2OS.C10H8F3N3S.C7H7BF3NO2.C5H5BrN2OS.2CH4/c1-7(19)3-10-6-20-12(18-10)9-4-11(13(14,15)16)8(2)17-5-9;1-5-7(10(11,12)13)2-6(3-15-5)9-16-8(14)4-17-9;1-4-6(7(9,10)11)2-5(3-12-4)8(13)14;1-3(9)7-4-2-10-5(6)8-4;;/h4-6H,3H2,1-2H3;2-4H,14H2,1H3;2-3,13-14H,1H3;2H,1H3,(H,7,9);2*1H4. The Morgan fingerprint density at radius 2 is 1.14 bits per heavy atom. The van der Waals surface area contributed by atoms with E-state index < -0.39 is 42.3 Å². The predicted octanol–water partition coefficient (Wildman–Crippen LogP) is 10.0. The molecule has 0 saturated heterocycles. The van der Waals surface area contributed by atoms with Gasteiger partial charge in [0.25, 0.3) is 0 Å². The Morgan fingerprint density at radius 1 is 0.698 bits per heavy atom. The summed E-state index contributed by atoms with van der Waals surface area (Å²) in [6.45, 7) is 6.73. The van der Waals surface area contributed by atoms with Crippen molar-refractivity contribution in [2.75, 3.05) is 11.1 Å². The molecule has 0 aromatic carbocycles. The van der Waals surface area contributed by atoms with Crippen LogP contribution in [0.15, 0.2) is 56.8 Å². The van der Waals surface area contributed by atoms with Crippen molar-refractivity contribution in [1.82, 2.24) is 29.9 Å². The number of halogens is 10. The smallest absolute Gasteiger partial charge is 0.423 e. The van der Waals surface area contributed by atoms with Gasteiger partial charge in [-0.2, -0.15) is 39.5 Å². The van der Waals surface area contributed by atoms with E-state index in [1.807, 2.05) is 0 Å². The zero-order valence-corrected chi connectivity index (χ0v) is 36.0. The molecule has 5 N–H and O–H groups in total. The van der Waals surface area contributed by atoms with Gasteiger partial charge >= 0.3 is 25.6 Å². The van der Waals surface area contributed by atoms with Crippen LogP contribution in [0.1, 0.15) is 68.2 Å². The number of thiazole rings is 3. The van der Waals surface area contributed by atoms with Gasteiger partial charge in [0.1, 0.15) is 27.4 Å². The van der Waals surface area contributed by atoms with Crippen molar-refractivity contribution in [1.29, 1.82) is 0 Å². The number of nitrogens with zero attached hydrogens (tertiary/aromatic N) is 6. The highest BCUT2D eigenvalue weighted by molar-refractivity contribution is 9.11. The van der Waals surface area contributed by atoms with E-state index in [4.69, 9.17) is 15.8 Å². The van der Waals surface area contributed by atoms with Crippen LogP contribution in [0.5, 0.6) is 0 Å². The minimum Gasteiger partial charge on any atom is -0.423 e. The van der Waals surface area contributed by atoms with Crippen LogP contribution in [-0.4, -0.2) is 58.8 Å². The van der Waals surface area contributed by atoms with E-state index in [0.717, 1.165) is 22.2 Å². The number of aromatic nitrogens is 6. The Balaban J connectivity index is 0.000000427. The van der Waals surface area contributed by atoms with E-state index >= 15 is 0 Å². The summed E-state index contributed by atoms with van der Waals surface area (Å²) in [4.78, 5) is 44.4. The molecule has 12 nitrogen and oxygen atoms in total. The van der Waals surface area contributed by atoms with Crippen molar-refractivity contribution < 1.29 is 59.2 Å². The van der Waals surface area contributed by atoms with Crippen LogP contribution < -0.4 is 16.5 Å². The fraction of sp³-hybridized carbons (Fsp3) is 0.297. The maximum absolute atomic E-state index is 12.8. The summed E-state index contributed by atoms with van der Waals surface area (Å²) in [6.07, 6.45) is -9.47. The molecule has 6 heterocycles. The summed E-state index contributed by atoms with van der Waals surface area (Å²) in [6, 6.07) is 2.76. The molecular weight excluding hydrogens is 978 g/mol. The number of pyridine rings is 3. The molecule has 0 bridgehead atoms. The molecule has 0 radical (unpaired) electrons. The lowest BCUT2D eigenvalue weighted by Gasteiger charge is -2.10. The summed E-state index contributed by atoms with van der Waals surface area (Å²) in [5.41, 5.74) is 3.57. The molecule has 0 unspecified atom stereocenters. The van der Waals surface area contributed by atoms with Gasteiger partial charge in [-0.15, -0.1) is 34.0 Å². The molecule has 0 saturated carbocycles. The first-order valence-electron chi connectivity index (χ1n) is 16.7. The number of nitrogens with one attached hydrogen (secondary N) is 1.